The van der Waals surface area contributed by atoms with Crippen LogP contribution in [-0.4, -0.2) is 70.3 Å². The number of aryl methyl sites for hydroxylation is 1. The van der Waals surface area contributed by atoms with Crippen LogP contribution in [0, 0.1) is 24.2 Å². The Morgan fingerprint density at radius 3 is 2.36 bits per heavy atom. The van der Waals surface area contributed by atoms with Gasteiger partial charge in [-0.3, -0.25) is 4.79 Å². The molecule has 0 bridgehead atoms. The SMILES string of the molecule is CCC(COC)C(CNCC1=CC(c2ccccc2C)C(C)(C(=O)N[C@@H](CCS(C)(=O)=O)C(=O)O)C(C)C1)c1ccccc1. The zero-order chi connectivity index (χ0) is 32.5. The summed E-state index contributed by atoms with van der Waals surface area (Å²) in [5.41, 5.74) is 3.60. The Bertz CT molecular complexity index is 1390. The number of aliphatic carboxylic acids is 1. The number of hydrogen-bond acceptors (Lipinski definition) is 6. The number of carboxylic acid groups (broad SMARTS) is 1. The van der Waals surface area contributed by atoms with Crippen molar-refractivity contribution in [2.24, 2.45) is 17.3 Å². The van der Waals surface area contributed by atoms with Crippen LogP contribution < -0.4 is 10.6 Å². The van der Waals surface area contributed by atoms with Crippen LogP contribution in [0.4, 0.5) is 0 Å². The first-order chi connectivity index (χ1) is 20.8. The van der Waals surface area contributed by atoms with Crippen LogP contribution in [0.1, 0.15) is 68.6 Å². The van der Waals surface area contributed by atoms with Crippen molar-refractivity contribution >= 4 is 21.7 Å². The number of rotatable bonds is 16. The van der Waals surface area contributed by atoms with Crippen molar-refractivity contribution < 1.29 is 27.9 Å². The van der Waals surface area contributed by atoms with Gasteiger partial charge in [-0.1, -0.05) is 86.5 Å². The van der Waals surface area contributed by atoms with Crippen LogP contribution in [-0.2, 0) is 24.2 Å². The van der Waals surface area contributed by atoms with E-state index in [0.29, 0.717) is 25.5 Å². The summed E-state index contributed by atoms with van der Waals surface area (Å²) in [5, 5.41) is 16.2. The van der Waals surface area contributed by atoms with Gasteiger partial charge < -0.3 is 20.5 Å². The van der Waals surface area contributed by atoms with Gasteiger partial charge in [0, 0.05) is 44.9 Å². The van der Waals surface area contributed by atoms with E-state index in [2.05, 4.69) is 47.9 Å². The maximum Gasteiger partial charge on any atom is 0.326 e. The lowest BCUT2D eigenvalue weighted by Crippen LogP contribution is -2.53. The summed E-state index contributed by atoms with van der Waals surface area (Å²) in [6, 6.07) is 17.2. The van der Waals surface area contributed by atoms with E-state index in [-0.39, 0.29) is 35.8 Å². The average Bonchev–Trinajstić information content (AvgIpc) is 2.98. The van der Waals surface area contributed by atoms with Crippen LogP contribution >= 0.6 is 0 Å². The molecule has 0 aliphatic heterocycles. The van der Waals surface area contributed by atoms with Gasteiger partial charge >= 0.3 is 5.97 Å². The summed E-state index contributed by atoms with van der Waals surface area (Å²) >= 11 is 0. The first kappa shape index (κ1) is 35.5. The van der Waals surface area contributed by atoms with Crippen LogP contribution in [0.2, 0.25) is 0 Å². The molecular formula is C35H50N2O6S. The molecule has 0 heterocycles. The Morgan fingerprint density at radius 2 is 1.77 bits per heavy atom. The second-order valence-corrected chi connectivity index (χ2v) is 14.9. The third kappa shape index (κ3) is 9.02. The number of carbonyl (C=O) groups is 2. The summed E-state index contributed by atoms with van der Waals surface area (Å²) in [6.07, 6.45) is 4.74. The van der Waals surface area contributed by atoms with E-state index in [1.807, 2.05) is 51.1 Å². The van der Waals surface area contributed by atoms with Crippen LogP contribution in [0.3, 0.4) is 0 Å². The molecule has 1 aliphatic rings. The van der Waals surface area contributed by atoms with Gasteiger partial charge in [-0.15, -0.1) is 0 Å². The zero-order valence-corrected chi connectivity index (χ0v) is 27.8. The highest BCUT2D eigenvalue weighted by Gasteiger charge is 2.49. The summed E-state index contributed by atoms with van der Waals surface area (Å²) in [5.74, 6) is -1.70. The lowest BCUT2D eigenvalue weighted by molar-refractivity contribution is -0.145. The molecule has 0 saturated carbocycles. The molecular weight excluding hydrogens is 576 g/mol. The smallest absolute Gasteiger partial charge is 0.326 e. The molecule has 0 spiro atoms. The second-order valence-electron chi connectivity index (χ2n) is 12.6. The van der Waals surface area contributed by atoms with Gasteiger partial charge in [0.1, 0.15) is 15.9 Å². The topological polar surface area (TPSA) is 122 Å². The third-order valence-corrected chi connectivity index (χ3v) is 10.4. The summed E-state index contributed by atoms with van der Waals surface area (Å²) in [6.45, 7) is 10.3. The van der Waals surface area contributed by atoms with Crippen molar-refractivity contribution in [3.05, 3.63) is 82.9 Å². The van der Waals surface area contributed by atoms with Crippen LogP contribution in [0.5, 0.6) is 0 Å². The molecule has 1 amide bonds. The highest BCUT2D eigenvalue weighted by molar-refractivity contribution is 7.90. The Labute approximate surface area is 263 Å². The van der Waals surface area contributed by atoms with Gasteiger partial charge in [-0.2, -0.15) is 0 Å². The second kappa shape index (κ2) is 15.8. The molecule has 0 aromatic heterocycles. The molecule has 3 N–H and O–H groups in total. The number of ether oxygens (including phenoxy) is 1. The number of carbonyl (C=O) groups excluding carboxylic acids is 1. The minimum Gasteiger partial charge on any atom is -0.480 e. The lowest BCUT2D eigenvalue weighted by Gasteiger charge is -2.45. The van der Waals surface area contributed by atoms with E-state index < -0.39 is 27.3 Å². The van der Waals surface area contributed by atoms with Crippen molar-refractivity contribution in [2.45, 2.75) is 64.8 Å². The number of methoxy groups -OCH3 is 1. The van der Waals surface area contributed by atoms with Gasteiger partial charge in [0.2, 0.25) is 5.91 Å². The molecule has 1 aliphatic carbocycles. The molecule has 0 saturated heterocycles. The highest BCUT2D eigenvalue weighted by atomic mass is 32.2. The highest BCUT2D eigenvalue weighted by Crippen LogP contribution is 2.50. The standard InChI is InChI=1S/C35H50N2O6S/c1-7-27(23-43-5)30(28-14-9-8-10-15-28)22-36-21-26-19-25(3)35(4,31(20-26)29-16-12-11-13-24(29)2)34(40)37-32(33(38)39)17-18-44(6,41)42/h8-16,20,25,27,30-32,36H,7,17-19,21-23H2,1-6H3,(H,37,40)(H,38,39)/t25?,27?,30?,31?,32-,35?/m0/s1. The zero-order valence-electron chi connectivity index (χ0n) is 27.0. The quantitative estimate of drug-likeness (QED) is 0.222. The first-order valence-corrected chi connectivity index (χ1v) is 17.6. The van der Waals surface area contributed by atoms with Gasteiger partial charge in [0.05, 0.1) is 11.2 Å². The minimum absolute atomic E-state index is 0.111. The monoisotopic (exact) mass is 626 g/mol. The van der Waals surface area contributed by atoms with E-state index in [0.717, 1.165) is 30.3 Å². The number of carboxylic acids is 1. The van der Waals surface area contributed by atoms with Gasteiger partial charge in [-0.25, -0.2) is 13.2 Å². The molecule has 3 rings (SSSR count). The van der Waals surface area contributed by atoms with E-state index >= 15 is 0 Å². The Balaban J connectivity index is 1.89. The normalized spacial score (nSPS) is 22.5. The molecule has 242 valence electrons. The maximum atomic E-state index is 14.0. The fourth-order valence-electron chi connectivity index (χ4n) is 6.51. The summed E-state index contributed by atoms with van der Waals surface area (Å²) in [4.78, 5) is 26.0. The average molecular weight is 627 g/mol. The van der Waals surface area contributed by atoms with Crippen molar-refractivity contribution in [3.63, 3.8) is 0 Å². The fourth-order valence-corrected chi connectivity index (χ4v) is 7.18. The molecule has 0 fully saturated rings. The molecule has 2 aromatic rings. The minimum atomic E-state index is -3.39. The van der Waals surface area contributed by atoms with E-state index in [9.17, 15) is 23.1 Å². The molecule has 8 nitrogen and oxygen atoms in total. The number of nitrogens with one attached hydrogen (secondary N) is 2. The lowest BCUT2D eigenvalue weighted by atomic mass is 9.59. The van der Waals surface area contributed by atoms with E-state index in [1.165, 1.54) is 11.1 Å². The first-order valence-electron chi connectivity index (χ1n) is 15.5. The van der Waals surface area contributed by atoms with Crippen LogP contribution in [0.25, 0.3) is 0 Å². The molecule has 0 radical (unpaired) electrons. The Hall–Kier alpha value is -3.01. The molecule has 9 heteroatoms. The van der Waals surface area contributed by atoms with Gasteiger partial charge in [0.25, 0.3) is 0 Å². The third-order valence-electron chi connectivity index (χ3n) is 9.45. The van der Waals surface area contributed by atoms with Crippen molar-refractivity contribution in [1.82, 2.24) is 10.6 Å². The molecule has 44 heavy (non-hydrogen) atoms. The molecule has 5 unspecified atom stereocenters. The number of amides is 1. The van der Waals surface area contributed by atoms with Crippen molar-refractivity contribution in [3.8, 4) is 0 Å². The number of sulfone groups is 1. The maximum absolute atomic E-state index is 14.0. The van der Waals surface area contributed by atoms with Crippen LogP contribution in [0.15, 0.2) is 66.2 Å². The summed E-state index contributed by atoms with van der Waals surface area (Å²) < 4.78 is 29.0. The van der Waals surface area contributed by atoms with E-state index in [4.69, 9.17) is 4.74 Å². The van der Waals surface area contributed by atoms with Crippen molar-refractivity contribution in [1.29, 1.82) is 0 Å². The predicted octanol–water partition coefficient (Wildman–Crippen LogP) is 5.10. The van der Waals surface area contributed by atoms with Gasteiger partial charge in [0.15, 0.2) is 0 Å². The molecule has 6 atom stereocenters. The van der Waals surface area contributed by atoms with E-state index in [1.54, 1.807) is 7.11 Å². The predicted molar refractivity (Wildman–Crippen MR) is 175 cm³/mol. The fraction of sp³-hybridized carbons (Fsp3) is 0.543. The molecule has 2 aromatic carbocycles. The Kier molecular flexibility index (Phi) is 12.8. The number of allylic oxidation sites excluding steroid dienone is 1. The Morgan fingerprint density at radius 1 is 1.11 bits per heavy atom. The number of benzene rings is 2. The summed E-state index contributed by atoms with van der Waals surface area (Å²) in [7, 11) is -1.64. The number of hydrogen-bond donors (Lipinski definition) is 3. The van der Waals surface area contributed by atoms with Crippen molar-refractivity contribution in [2.75, 3.05) is 38.8 Å². The van der Waals surface area contributed by atoms with Gasteiger partial charge in [-0.05, 0) is 55.2 Å². The largest absolute Gasteiger partial charge is 0.480 e.